The van der Waals surface area contributed by atoms with Crippen molar-refractivity contribution < 1.29 is 4.79 Å². The molecule has 3 aromatic rings. The predicted octanol–water partition coefficient (Wildman–Crippen LogP) is 4.88. The van der Waals surface area contributed by atoms with Crippen LogP contribution in [0.3, 0.4) is 0 Å². The molecule has 0 aliphatic carbocycles. The second-order valence-electron chi connectivity index (χ2n) is 10.9. The molecule has 1 aliphatic heterocycles. The summed E-state index contributed by atoms with van der Waals surface area (Å²) in [6.07, 6.45) is 6.24. The van der Waals surface area contributed by atoms with Crippen LogP contribution in [0.4, 0.5) is 10.9 Å². The average molecular weight is 512 g/mol. The number of rotatable bonds is 9. The molecule has 1 saturated heterocycles. The van der Waals surface area contributed by atoms with Gasteiger partial charge in [-0.15, -0.1) is 5.10 Å². The molecule has 2 aromatic heterocycles. The lowest BCUT2D eigenvalue weighted by Gasteiger charge is -2.27. The standard InChI is InChI=1S/C27H41N7OS/c1-20(33-17-11-6-7-12-18-33)15-16-28-22(35)19-32(5)26-31-34-24(30-27(2,3)4)23(29-25(34)36-26)21-13-9-8-10-14-21/h8-10,13-14,20,30H,6-7,11-12,15-19H2,1-5H3,(H,28,35). The maximum atomic E-state index is 12.7. The fourth-order valence-electron chi connectivity index (χ4n) is 4.64. The number of hydrogen-bond acceptors (Lipinski definition) is 7. The highest BCUT2D eigenvalue weighted by molar-refractivity contribution is 7.20. The van der Waals surface area contributed by atoms with Gasteiger partial charge in [-0.25, -0.2) is 4.98 Å². The molecule has 8 nitrogen and oxygen atoms in total. The SMILES string of the molecule is CC(CCNC(=O)CN(C)c1nn2c(NC(C)(C)C)c(-c3ccccc3)nc2s1)N1CCCCCC1. The Morgan fingerprint density at radius 2 is 1.83 bits per heavy atom. The molecule has 36 heavy (non-hydrogen) atoms. The highest BCUT2D eigenvalue weighted by Gasteiger charge is 2.23. The van der Waals surface area contributed by atoms with Crippen LogP contribution in [0, 0.1) is 0 Å². The molecule has 196 valence electrons. The molecule has 1 aromatic carbocycles. The van der Waals surface area contributed by atoms with Crippen LogP contribution >= 0.6 is 11.3 Å². The summed E-state index contributed by atoms with van der Waals surface area (Å²) in [5.74, 6) is 0.887. The third kappa shape index (κ3) is 6.76. The lowest BCUT2D eigenvalue weighted by molar-refractivity contribution is -0.119. The van der Waals surface area contributed by atoms with Gasteiger partial charge in [-0.05, 0) is 60.0 Å². The van der Waals surface area contributed by atoms with Gasteiger partial charge in [0.2, 0.25) is 16.0 Å². The van der Waals surface area contributed by atoms with E-state index in [1.54, 1.807) is 0 Å². The smallest absolute Gasteiger partial charge is 0.239 e. The maximum Gasteiger partial charge on any atom is 0.239 e. The van der Waals surface area contributed by atoms with Crippen molar-refractivity contribution in [1.82, 2.24) is 24.8 Å². The second-order valence-corrected chi connectivity index (χ2v) is 11.9. The van der Waals surface area contributed by atoms with Crippen LogP contribution in [-0.2, 0) is 4.79 Å². The summed E-state index contributed by atoms with van der Waals surface area (Å²) in [6.45, 7) is 12.0. The van der Waals surface area contributed by atoms with E-state index in [4.69, 9.17) is 10.1 Å². The Morgan fingerprint density at radius 3 is 2.50 bits per heavy atom. The third-order valence-corrected chi connectivity index (χ3v) is 7.61. The lowest BCUT2D eigenvalue weighted by Crippen LogP contribution is -2.39. The number of anilines is 2. The molecule has 1 atom stereocenters. The number of amides is 1. The average Bonchev–Trinajstić information content (AvgIpc) is 3.25. The van der Waals surface area contributed by atoms with E-state index >= 15 is 0 Å². The number of imidazole rings is 1. The number of likely N-dealkylation sites (N-methyl/N-ethyl adjacent to an activating group) is 1. The van der Waals surface area contributed by atoms with Crippen LogP contribution in [0.5, 0.6) is 0 Å². The van der Waals surface area contributed by atoms with Crippen molar-refractivity contribution in [2.75, 3.05) is 43.4 Å². The molecule has 1 fully saturated rings. The van der Waals surface area contributed by atoms with E-state index in [1.165, 1.54) is 50.1 Å². The molecule has 3 heterocycles. The zero-order valence-electron chi connectivity index (χ0n) is 22.4. The van der Waals surface area contributed by atoms with Gasteiger partial charge < -0.3 is 20.4 Å². The van der Waals surface area contributed by atoms with Crippen LogP contribution in [0.2, 0.25) is 0 Å². The molecule has 1 aliphatic rings. The fraction of sp³-hybridized carbons (Fsp3) is 0.593. The molecule has 0 saturated carbocycles. The number of benzene rings is 1. The Balaban J connectivity index is 1.39. The van der Waals surface area contributed by atoms with Crippen molar-refractivity contribution in [3.63, 3.8) is 0 Å². The predicted molar refractivity (Wildman–Crippen MR) is 150 cm³/mol. The molecule has 1 amide bonds. The Kier molecular flexibility index (Phi) is 8.51. The van der Waals surface area contributed by atoms with Crippen LogP contribution in [-0.4, -0.2) is 70.2 Å². The van der Waals surface area contributed by atoms with Crippen molar-refractivity contribution >= 4 is 33.2 Å². The normalized spacial score (nSPS) is 16.0. The maximum absolute atomic E-state index is 12.7. The zero-order chi connectivity index (χ0) is 25.7. The summed E-state index contributed by atoms with van der Waals surface area (Å²) in [6, 6.07) is 10.7. The van der Waals surface area contributed by atoms with Crippen molar-refractivity contribution in [2.24, 2.45) is 0 Å². The molecular formula is C27H41N7OS. The summed E-state index contributed by atoms with van der Waals surface area (Å²) in [7, 11) is 1.91. The van der Waals surface area contributed by atoms with Gasteiger partial charge in [-0.3, -0.25) is 4.79 Å². The first-order chi connectivity index (χ1) is 17.2. The Morgan fingerprint density at radius 1 is 1.14 bits per heavy atom. The molecule has 2 N–H and O–H groups in total. The molecule has 9 heteroatoms. The van der Waals surface area contributed by atoms with Crippen molar-refractivity contribution in [3.05, 3.63) is 30.3 Å². The first kappa shape index (κ1) is 26.4. The number of hydrogen-bond donors (Lipinski definition) is 2. The van der Waals surface area contributed by atoms with Gasteiger partial charge in [0.25, 0.3) is 0 Å². The molecule has 1 unspecified atom stereocenters. The first-order valence-corrected chi connectivity index (χ1v) is 14.0. The number of nitrogens with one attached hydrogen (secondary N) is 2. The number of fused-ring (bicyclic) bond motifs is 1. The van der Waals surface area contributed by atoms with Crippen molar-refractivity contribution in [2.45, 2.75) is 71.4 Å². The number of carbonyl (C=O) groups excluding carboxylic acids is 1. The third-order valence-electron chi connectivity index (χ3n) is 6.59. The highest BCUT2D eigenvalue weighted by Crippen LogP contribution is 2.34. The van der Waals surface area contributed by atoms with Crippen molar-refractivity contribution in [1.29, 1.82) is 0 Å². The monoisotopic (exact) mass is 511 g/mol. The summed E-state index contributed by atoms with van der Waals surface area (Å²) in [5, 5.41) is 12.3. The number of nitrogens with zero attached hydrogens (tertiary/aromatic N) is 5. The van der Waals surface area contributed by atoms with Gasteiger partial charge in [0, 0.05) is 30.7 Å². The summed E-state index contributed by atoms with van der Waals surface area (Å²) >= 11 is 1.49. The number of carbonyl (C=O) groups is 1. The molecule has 0 radical (unpaired) electrons. The van der Waals surface area contributed by atoms with Gasteiger partial charge in [0.15, 0.2) is 5.82 Å². The summed E-state index contributed by atoms with van der Waals surface area (Å²) in [4.78, 5) is 22.8. The Bertz CT molecular complexity index is 1130. The molecule has 0 spiro atoms. The minimum atomic E-state index is -0.153. The fourth-order valence-corrected chi connectivity index (χ4v) is 5.50. The van der Waals surface area contributed by atoms with Crippen molar-refractivity contribution in [3.8, 4) is 11.3 Å². The van der Waals surface area contributed by atoms with Crippen LogP contribution in [0.15, 0.2) is 30.3 Å². The van der Waals surface area contributed by atoms with E-state index in [1.807, 2.05) is 34.7 Å². The van der Waals surface area contributed by atoms with Gasteiger partial charge in [-0.1, -0.05) is 54.5 Å². The minimum absolute atomic E-state index is 0.0198. The molecule has 4 rings (SSSR count). The topological polar surface area (TPSA) is 77.8 Å². The van der Waals surface area contributed by atoms with E-state index < -0.39 is 0 Å². The van der Waals surface area contributed by atoms with E-state index in [2.05, 4.69) is 55.4 Å². The van der Waals surface area contributed by atoms with Gasteiger partial charge in [0.1, 0.15) is 5.69 Å². The first-order valence-electron chi connectivity index (χ1n) is 13.2. The second kappa shape index (κ2) is 11.6. The Labute approximate surface area is 219 Å². The van der Waals surface area contributed by atoms with E-state index in [0.717, 1.165) is 33.6 Å². The van der Waals surface area contributed by atoms with E-state index in [-0.39, 0.29) is 18.0 Å². The summed E-state index contributed by atoms with van der Waals surface area (Å²) in [5.41, 5.74) is 1.78. The lowest BCUT2D eigenvalue weighted by atomic mass is 10.1. The van der Waals surface area contributed by atoms with Crippen LogP contribution in [0.25, 0.3) is 16.2 Å². The molecule has 0 bridgehead atoms. The zero-order valence-corrected chi connectivity index (χ0v) is 23.2. The highest BCUT2D eigenvalue weighted by atomic mass is 32.1. The van der Waals surface area contributed by atoms with Crippen LogP contribution in [0.1, 0.15) is 59.8 Å². The summed E-state index contributed by atoms with van der Waals surface area (Å²) < 4.78 is 1.87. The largest absolute Gasteiger partial charge is 0.364 e. The van der Waals surface area contributed by atoms with Gasteiger partial charge >= 0.3 is 0 Å². The Hall–Kier alpha value is -2.65. The van der Waals surface area contributed by atoms with Gasteiger partial charge in [-0.2, -0.15) is 4.52 Å². The quantitative estimate of drug-likeness (QED) is 0.427. The minimum Gasteiger partial charge on any atom is -0.364 e. The number of aromatic nitrogens is 3. The van der Waals surface area contributed by atoms with Crippen LogP contribution < -0.4 is 15.5 Å². The molecular weight excluding hydrogens is 470 g/mol. The van der Waals surface area contributed by atoms with Gasteiger partial charge in [0.05, 0.1) is 6.54 Å². The van der Waals surface area contributed by atoms with E-state index in [9.17, 15) is 4.79 Å². The number of likely N-dealkylation sites (tertiary alicyclic amines) is 1. The van der Waals surface area contributed by atoms with E-state index in [0.29, 0.717) is 12.6 Å².